The maximum Gasteiger partial charge on any atom is 0.272 e. The first kappa shape index (κ1) is 22.9. The summed E-state index contributed by atoms with van der Waals surface area (Å²) in [5.41, 5.74) is 4.70. The summed E-state index contributed by atoms with van der Waals surface area (Å²) in [5, 5.41) is 0. The average Bonchev–Trinajstić information content (AvgIpc) is 2.89. The standard InChI is InChI=1S/C25H32N2OS.CH4/c1-17-9-10-22(18(2)11-17)29-14-19-7-6-8-21(26-19)23(28)27-16-25(5)13-20(27)12-24(3,4)15-25;/h6-11,20H,12-16H2,1-5H3;1H4/t20-,25-;/m1./s1. The Kier molecular flexibility index (Phi) is 6.38. The fourth-order valence-electron chi connectivity index (χ4n) is 5.64. The number of aryl methyl sites for hydroxylation is 2. The molecule has 3 nitrogen and oxygen atoms in total. The van der Waals surface area contributed by atoms with E-state index in [2.05, 4.69) is 57.7 Å². The van der Waals surface area contributed by atoms with Gasteiger partial charge in [0.15, 0.2) is 0 Å². The predicted molar refractivity (Wildman–Crippen MR) is 127 cm³/mol. The van der Waals surface area contributed by atoms with Gasteiger partial charge < -0.3 is 4.90 Å². The van der Waals surface area contributed by atoms with Crippen LogP contribution in [-0.2, 0) is 5.75 Å². The van der Waals surface area contributed by atoms with Gasteiger partial charge in [-0.15, -0.1) is 11.8 Å². The summed E-state index contributed by atoms with van der Waals surface area (Å²) in [5.74, 6) is 0.883. The summed E-state index contributed by atoms with van der Waals surface area (Å²) in [7, 11) is 0. The molecule has 1 saturated heterocycles. The van der Waals surface area contributed by atoms with E-state index >= 15 is 0 Å². The van der Waals surface area contributed by atoms with Crippen LogP contribution in [0.15, 0.2) is 41.3 Å². The normalized spacial score (nSPS) is 24.4. The molecule has 2 aromatic rings. The van der Waals surface area contributed by atoms with E-state index < -0.39 is 0 Å². The van der Waals surface area contributed by atoms with E-state index in [1.807, 2.05) is 18.2 Å². The van der Waals surface area contributed by atoms with Gasteiger partial charge in [0.05, 0.1) is 5.69 Å². The van der Waals surface area contributed by atoms with Crippen molar-refractivity contribution in [3.63, 3.8) is 0 Å². The summed E-state index contributed by atoms with van der Waals surface area (Å²) < 4.78 is 0. The number of hydrogen-bond donors (Lipinski definition) is 0. The molecule has 1 aromatic heterocycles. The Hall–Kier alpha value is -1.81. The molecule has 2 aliphatic rings. The van der Waals surface area contributed by atoms with Crippen molar-refractivity contribution in [2.24, 2.45) is 10.8 Å². The van der Waals surface area contributed by atoms with Crippen molar-refractivity contribution in [2.75, 3.05) is 6.54 Å². The third kappa shape index (κ3) is 4.74. The van der Waals surface area contributed by atoms with E-state index in [1.165, 1.54) is 22.4 Å². The van der Waals surface area contributed by atoms with Gasteiger partial charge in [-0.2, -0.15) is 0 Å². The van der Waals surface area contributed by atoms with Crippen LogP contribution >= 0.6 is 11.8 Å². The molecule has 1 saturated carbocycles. The van der Waals surface area contributed by atoms with Crippen LogP contribution in [0.3, 0.4) is 0 Å². The summed E-state index contributed by atoms with van der Waals surface area (Å²) in [6.07, 6.45) is 3.42. The molecule has 0 unspecified atom stereocenters. The molecule has 0 spiro atoms. The van der Waals surface area contributed by atoms with Crippen molar-refractivity contribution in [1.82, 2.24) is 9.88 Å². The zero-order valence-corrected chi connectivity index (χ0v) is 19.1. The maximum absolute atomic E-state index is 13.3. The van der Waals surface area contributed by atoms with Crippen LogP contribution in [0.1, 0.15) is 74.8 Å². The van der Waals surface area contributed by atoms with E-state index in [9.17, 15) is 4.79 Å². The average molecular weight is 425 g/mol. The van der Waals surface area contributed by atoms with E-state index in [0.29, 0.717) is 17.2 Å². The first-order valence-electron chi connectivity index (χ1n) is 10.6. The van der Waals surface area contributed by atoms with Gasteiger partial charge in [0.25, 0.3) is 5.91 Å². The van der Waals surface area contributed by atoms with Crippen LogP contribution in [0.25, 0.3) is 0 Å². The number of rotatable bonds is 4. The quantitative estimate of drug-likeness (QED) is 0.514. The van der Waals surface area contributed by atoms with Gasteiger partial charge in [-0.25, -0.2) is 4.98 Å². The minimum atomic E-state index is 0. The number of aromatic nitrogens is 1. The lowest BCUT2D eigenvalue weighted by Gasteiger charge is -2.39. The number of amides is 1. The van der Waals surface area contributed by atoms with Gasteiger partial charge in [0.2, 0.25) is 0 Å². The highest BCUT2D eigenvalue weighted by Crippen LogP contribution is 2.52. The number of benzene rings is 1. The number of pyridine rings is 1. The third-order valence-electron chi connectivity index (χ3n) is 6.41. The van der Waals surface area contributed by atoms with Gasteiger partial charge in [0, 0.05) is 23.2 Å². The topological polar surface area (TPSA) is 33.2 Å². The van der Waals surface area contributed by atoms with Crippen LogP contribution in [0.4, 0.5) is 0 Å². The number of nitrogens with zero attached hydrogens (tertiary/aromatic N) is 2. The molecule has 4 heteroatoms. The molecule has 1 aliphatic heterocycles. The van der Waals surface area contributed by atoms with E-state index in [-0.39, 0.29) is 18.7 Å². The molecule has 2 fully saturated rings. The minimum Gasteiger partial charge on any atom is -0.334 e. The number of carbonyl (C=O) groups is 1. The zero-order valence-electron chi connectivity index (χ0n) is 18.3. The van der Waals surface area contributed by atoms with Crippen LogP contribution in [-0.4, -0.2) is 28.4 Å². The Bertz CT molecular complexity index is 938. The lowest BCUT2D eigenvalue weighted by molar-refractivity contribution is 0.0702. The van der Waals surface area contributed by atoms with E-state index in [0.717, 1.165) is 30.8 Å². The SMILES string of the molecule is C.Cc1ccc(SCc2cccc(C(=O)N3C[C@]4(C)C[C@H]3CC(C)(C)C4)n2)c(C)c1. The number of likely N-dealkylation sites (tertiary alicyclic amines) is 1. The van der Waals surface area contributed by atoms with Gasteiger partial charge in [-0.1, -0.05) is 52.0 Å². The molecule has 30 heavy (non-hydrogen) atoms. The van der Waals surface area contributed by atoms with Crippen molar-refractivity contribution in [3.05, 3.63) is 58.9 Å². The number of hydrogen-bond acceptors (Lipinski definition) is 3. The molecule has 1 aliphatic carbocycles. The van der Waals surface area contributed by atoms with Crippen LogP contribution in [0.2, 0.25) is 0 Å². The first-order valence-corrected chi connectivity index (χ1v) is 11.6. The lowest BCUT2D eigenvalue weighted by atomic mass is 9.65. The molecule has 4 rings (SSSR count). The van der Waals surface area contributed by atoms with E-state index in [4.69, 9.17) is 4.98 Å². The van der Waals surface area contributed by atoms with Gasteiger partial charge >= 0.3 is 0 Å². The highest BCUT2D eigenvalue weighted by Gasteiger charge is 2.51. The fourth-order valence-corrected chi connectivity index (χ4v) is 6.55. The summed E-state index contributed by atoms with van der Waals surface area (Å²) in [6.45, 7) is 12.2. The molecular weight excluding hydrogens is 388 g/mol. The molecule has 1 amide bonds. The molecule has 0 radical (unpaired) electrons. The van der Waals surface area contributed by atoms with Gasteiger partial charge in [-0.05, 0) is 67.7 Å². The smallest absolute Gasteiger partial charge is 0.272 e. The molecule has 162 valence electrons. The largest absolute Gasteiger partial charge is 0.334 e. The van der Waals surface area contributed by atoms with Crippen molar-refractivity contribution in [1.29, 1.82) is 0 Å². The van der Waals surface area contributed by atoms with Crippen molar-refractivity contribution >= 4 is 17.7 Å². The zero-order chi connectivity index (χ0) is 20.8. The number of fused-ring (bicyclic) bond motifs is 2. The molecule has 2 heterocycles. The molecule has 2 bridgehead atoms. The second-order valence-electron chi connectivity index (χ2n) is 10.2. The van der Waals surface area contributed by atoms with Crippen LogP contribution in [0.5, 0.6) is 0 Å². The Morgan fingerprint density at radius 3 is 2.67 bits per heavy atom. The summed E-state index contributed by atoms with van der Waals surface area (Å²) in [6, 6.07) is 12.8. The Labute approximate surface area is 186 Å². The molecule has 0 N–H and O–H groups in total. The Morgan fingerprint density at radius 2 is 1.93 bits per heavy atom. The minimum absolute atomic E-state index is 0. The highest BCUT2D eigenvalue weighted by molar-refractivity contribution is 7.98. The Morgan fingerprint density at radius 1 is 1.17 bits per heavy atom. The van der Waals surface area contributed by atoms with E-state index in [1.54, 1.807) is 11.8 Å². The lowest BCUT2D eigenvalue weighted by Crippen LogP contribution is -2.38. The first-order chi connectivity index (χ1) is 13.6. The third-order valence-corrected chi connectivity index (χ3v) is 7.62. The number of carbonyl (C=O) groups excluding carboxylic acids is 1. The Balaban J connectivity index is 0.00000256. The molecule has 2 atom stereocenters. The predicted octanol–water partition coefficient (Wildman–Crippen LogP) is 6.67. The van der Waals surface area contributed by atoms with Crippen LogP contribution in [0, 0.1) is 24.7 Å². The second kappa shape index (κ2) is 8.37. The molecular formula is C26H36N2OS. The van der Waals surface area contributed by atoms with Gasteiger partial charge in [-0.3, -0.25) is 4.79 Å². The number of thioether (sulfide) groups is 1. The summed E-state index contributed by atoms with van der Waals surface area (Å²) >= 11 is 1.79. The summed E-state index contributed by atoms with van der Waals surface area (Å²) in [4.78, 5) is 21.4. The van der Waals surface area contributed by atoms with Crippen LogP contribution < -0.4 is 0 Å². The fraction of sp³-hybridized carbons (Fsp3) is 0.538. The highest BCUT2D eigenvalue weighted by atomic mass is 32.2. The molecule has 1 aromatic carbocycles. The van der Waals surface area contributed by atoms with Crippen molar-refractivity contribution in [2.45, 2.75) is 78.0 Å². The monoisotopic (exact) mass is 424 g/mol. The second-order valence-corrected chi connectivity index (χ2v) is 11.2. The van der Waals surface area contributed by atoms with Gasteiger partial charge in [0.1, 0.15) is 5.69 Å². The van der Waals surface area contributed by atoms with Crippen molar-refractivity contribution in [3.8, 4) is 0 Å². The maximum atomic E-state index is 13.3. The van der Waals surface area contributed by atoms with Crippen molar-refractivity contribution < 1.29 is 4.79 Å².